The van der Waals surface area contributed by atoms with E-state index in [-0.39, 0.29) is 6.54 Å². The third-order valence-corrected chi connectivity index (χ3v) is 3.80. The molecule has 1 fully saturated rings. The number of hydrogen-bond acceptors (Lipinski definition) is 4. The molecular formula is C22H31NO3. The predicted molar refractivity (Wildman–Crippen MR) is 103 cm³/mol. The highest BCUT2D eigenvalue weighted by Crippen LogP contribution is 2.40. The standard InChI is InChI=1S/C22H31NO3/c1-3-23(4-2)17-11-12-18-26-21(24)22(25,19-13-7-5-8-14-19)20-15-9-6-10-16-20/h5,7-8,13-14,20,25H,3-4,6,9-10,15-18H2,1-2H3/i6D2,9D2,10D2,15D2,16D2,18D2,20D,25D. The van der Waals surface area contributed by atoms with Gasteiger partial charge in [-0.15, -0.1) is 0 Å². The number of aliphatic hydroxyl groups is 1. The van der Waals surface area contributed by atoms with Crippen LogP contribution in [0.4, 0.5) is 0 Å². The van der Waals surface area contributed by atoms with E-state index in [1.54, 1.807) is 4.90 Å². The zero-order valence-electron chi connectivity index (χ0n) is 28.7. The van der Waals surface area contributed by atoms with Gasteiger partial charge in [-0.05, 0) is 31.4 Å². The zero-order valence-corrected chi connectivity index (χ0v) is 14.7. The number of ether oxygens (including phenoxy) is 1. The summed E-state index contributed by atoms with van der Waals surface area (Å²) in [7, 11) is 0. The first-order valence-corrected chi connectivity index (χ1v) is 8.19. The summed E-state index contributed by atoms with van der Waals surface area (Å²) < 4.78 is 121. The molecule has 1 atom stereocenters. The fraction of sp³-hybridized carbons (Fsp3) is 0.591. The molecule has 1 aromatic rings. The summed E-state index contributed by atoms with van der Waals surface area (Å²) >= 11 is 0. The van der Waals surface area contributed by atoms with Gasteiger partial charge in [0.05, 0.1) is 9.29 Å². The normalized spacial score (nSPS) is 36.6. The molecule has 4 nitrogen and oxygen atoms in total. The van der Waals surface area contributed by atoms with Crippen LogP contribution in [0.2, 0.25) is 0 Å². The molecule has 0 spiro atoms. The largest absolute Gasteiger partial charge is 0.450 e. The molecule has 26 heavy (non-hydrogen) atoms. The molecule has 1 unspecified atom stereocenters. The van der Waals surface area contributed by atoms with Crippen molar-refractivity contribution in [1.29, 1.82) is 1.43 Å². The van der Waals surface area contributed by atoms with Crippen molar-refractivity contribution in [1.82, 2.24) is 4.90 Å². The van der Waals surface area contributed by atoms with E-state index in [1.165, 1.54) is 18.2 Å². The number of hydrogen-bond donors (Lipinski definition) is 1. The van der Waals surface area contributed by atoms with E-state index in [0.29, 0.717) is 13.1 Å². The molecule has 0 amide bonds. The van der Waals surface area contributed by atoms with Crippen molar-refractivity contribution < 1.29 is 32.5 Å². The van der Waals surface area contributed by atoms with Crippen LogP contribution in [-0.4, -0.2) is 43.6 Å². The minimum absolute atomic E-state index is 0.0613. The molecule has 1 aromatic carbocycles. The molecule has 2 rings (SSSR count). The van der Waals surface area contributed by atoms with Gasteiger partial charge in [0.2, 0.25) is 1.43 Å². The summed E-state index contributed by atoms with van der Waals surface area (Å²) in [6, 6.07) is 5.78. The first-order valence-electron chi connectivity index (χ1n) is 15.1. The van der Waals surface area contributed by atoms with Gasteiger partial charge in [0.15, 0.2) is 12.2 Å². The zero-order chi connectivity index (χ0) is 31.2. The molecule has 142 valence electrons. The lowest BCUT2D eigenvalue weighted by Gasteiger charge is -2.36. The summed E-state index contributed by atoms with van der Waals surface area (Å²) in [4.78, 5) is 15.6. The molecule has 1 aliphatic carbocycles. The van der Waals surface area contributed by atoms with Crippen molar-refractivity contribution in [3.63, 3.8) is 0 Å². The average molecular weight is 372 g/mol. The SMILES string of the molecule is [2H]OC(C(=O)OC([2H])([2H])C#CCN(CC)CC)(c1ccccc1)C1([2H])C([2H])([2H])C([2H])([2H])C([2H])([2H])C([2H])([2H])C1([2H])[2H]. The number of benzene rings is 1. The summed E-state index contributed by atoms with van der Waals surface area (Å²) in [6.45, 7) is 1.70. The van der Waals surface area contributed by atoms with Crippen LogP contribution in [0.5, 0.6) is 0 Å². The Balaban J connectivity index is 2.92. The van der Waals surface area contributed by atoms with Crippen LogP contribution < -0.4 is 0 Å². The Morgan fingerprint density at radius 2 is 2.04 bits per heavy atom. The Morgan fingerprint density at radius 3 is 2.65 bits per heavy atom. The van der Waals surface area contributed by atoms with Gasteiger partial charge in [-0.1, -0.05) is 75.1 Å². The van der Waals surface area contributed by atoms with E-state index in [4.69, 9.17) is 24.0 Å². The molecule has 0 aromatic heterocycles. The maximum absolute atomic E-state index is 13.8. The minimum Gasteiger partial charge on any atom is -0.450 e. The maximum atomic E-state index is 13.8. The predicted octanol–water partition coefficient (Wildman–Crippen LogP) is 3.34. The molecule has 0 radical (unpaired) electrons. The van der Waals surface area contributed by atoms with Gasteiger partial charge in [-0.25, -0.2) is 4.79 Å². The molecule has 1 aliphatic rings. The second-order valence-corrected chi connectivity index (χ2v) is 5.30. The Bertz CT molecular complexity index is 1110. The van der Waals surface area contributed by atoms with Crippen LogP contribution in [0.15, 0.2) is 30.3 Å². The van der Waals surface area contributed by atoms with Crippen molar-refractivity contribution in [2.75, 3.05) is 26.2 Å². The first-order chi connectivity index (χ1) is 18.0. The van der Waals surface area contributed by atoms with Crippen LogP contribution in [0.1, 0.15) is 69.1 Å². The minimum atomic E-state index is -4.14. The van der Waals surface area contributed by atoms with Crippen molar-refractivity contribution in [2.45, 2.75) is 51.3 Å². The van der Waals surface area contributed by atoms with Crippen LogP contribution in [0, 0.1) is 17.7 Å². The fourth-order valence-corrected chi connectivity index (χ4v) is 2.24. The number of carbonyl (C=O) groups excluding carboxylic acids is 1. The van der Waals surface area contributed by atoms with E-state index in [1.807, 2.05) is 13.8 Å². The van der Waals surface area contributed by atoms with Crippen molar-refractivity contribution in [2.24, 2.45) is 5.89 Å². The molecule has 0 saturated heterocycles. The maximum Gasteiger partial charge on any atom is 0.344 e. The molecular weight excluding hydrogens is 326 g/mol. The van der Waals surface area contributed by atoms with E-state index < -0.39 is 61.5 Å². The number of esters is 1. The van der Waals surface area contributed by atoms with Crippen LogP contribution in [-0.2, 0) is 15.1 Å². The van der Waals surface area contributed by atoms with Crippen LogP contribution in [0.3, 0.4) is 0 Å². The summed E-state index contributed by atoms with van der Waals surface area (Å²) in [6.07, 6.45) is -20.1. The Morgan fingerprint density at radius 1 is 1.35 bits per heavy atom. The highest BCUT2D eigenvalue weighted by molar-refractivity contribution is 5.81. The third kappa shape index (κ3) is 5.09. The Hall–Kier alpha value is -1.83. The van der Waals surface area contributed by atoms with E-state index in [0.717, 1.165) is 12.1 Å². The van der Waals surface area contributed by atoms with Crippen molar-refractivity contribution in [3.05, 3.63) is 35.9 Å². The van der Waals surface area contributed by atoms with Gasteiger partial charge in [0.1, 0.15) is 0 Å². The molecule has 4 heteroatoms. The van der Waals surface area contributed by atoms with Crippen molar-refractivity contribution in [3.8, 4) is 11.8 Å². The average Bonchev–Trinajstić information content (AvgIpc) is 2.86. The smallest absolute Gasteiger partial charge is 0.344 e. The Kier molecular flexibility index (Phi) is 3.37. The number of nitrogens with zero attached hydrogens (tertiary/aromatic N) is 1. The second kappa shape index (κ2) is 10.4. The fourth-order valence-electron chi connectivity index (χ4n) is 2.24. The molecule has 1 saturated carbocycles. The highest BCUT2D eigenvalue weighted by atomic mass is 16.5. The van der Waals surface area contributed by atoms with Crippen LogP contribution >= 0.6 is 0 Å². The molecule has 0 heterocycles. The number of carbonyl (C=O) groups is 1. The lowest BCUT2D eigenvalue weighted by molar-refractivity contribution is -0.174. The topological polar surface area (TPSA) is 49.8 Å². The quantitative estimate of drug-likeness (QED) is 0.562. The lowest BCUT2D eigenvalue weighted by atomic mass is 9.73. The third-order valence-electron chi connectivity index (χ3n) is 3.80. The highest BCUT2D eigenvalue weighted by Gasteiger charge is 2.46. The molecule has 0 bridgehead atoms. The number of rotatable bonds is 8. The molecule has 1 N–H and O–H groups in total. The second-order valence-electron chi connectivity index (χ2n) is 5.30. The Labute approximate surface area is 177 Å². The summed E-state index contributed by atoms with van der Waals surface area (Å²) in [5, 5.41) is 4.61. The van der Waals surface area contributed by atoms with E-state index >= 15 is 0 Å². The summed E-state index contributed by atoms with van der Waals surface area (Å²) in [5.74, 6) is -1.68. The van der Waals surface area contributed by atoms with Gasteiger partial charge < -0.3 is 9.85 Å². The monoisotopic (exact) mass is 371 g/mol. The van der Waals surface area contributed by atoms with Gasteiger partial charge in [-0.2, -0.15) is 0 Å². The van der Waals surface area contributed by atoms with Crippen LogP contribution in [0.25, 0.3) is 0 Å². The molecule has 0 aliphatic heterocycles. The first kappa shape index (κ1) is 8.46. The van der Waals surface area contributed by atoms with Gasteiger partial charge in [0, 0.05) is 21.0 Å². The van der Waals surface area contributed by atoms with Gasteiger partial charge >= 0.3 is 5.97 Å². The lowest BCUT2D eigenvalue weighted by Crippen LogP contribution is -2.45. The van der Waals surface area contributed by atoms with E-state index in [9.17, 15) is 4.79 Å². The van der Waals surface area contributed by atoms with E-state index in [2.05, 4.69) is 16.9 Å². The van der Waals surface area contributed by atoms with Gasteiger partial charge in [-0.3, -0.25) is 4.90 Å². The van der Waals surface area contributed by atoms with Crippen molar-refractivity contribution >= 4 is 5.97 Å². The van der Waals surface area contributed by atoms with Gasteiger partial charge in [0.25, 0.3) is 0 Å². The summed E-state index contributed by atoms with van der Waals surface area (Å²) in [5.41, 5.74) is -4.37.